The molecule has 4 atom stereocenters. The summed E-state index contributed by atoms with van der Waals surface area (Å²) in [5, 5.41) is 11.2. The van der Waals surface area contributed by atoms with Gasteiger partial charge in [-0.15, -0.1) is 0 Å². The van der Waals surface area contributed by atoms with Crippen molar-refractivity contribution in [2.24, 2.45) is 0 Å². The van der Waals surface area contributed by atoms with Crippen LogP contribution < -0.4 is 0 Å². The van der Waals surface area contributed by atoms with Crippen LogP contribution in [0.5, 0.6) is 0 Å². The van der Waals surface area contributed by atoms with Crippen LogP contribution in [0.4, 0.5) is 4.39 Å². The Morgan fingerprint density at radius 3 is 2.80 bits per heavy atom. The quantitative estimate of drug-likeness (QED) is 0.714. The lowest BCUT2D eigenvalue weighted by molar-refractivity contribution is -0.161. The molecule has 1 amide bonds. The topological polar surface area (TPSA) is 76.1 Å². The van der Waals surface area contributed by atoms with E-state index in [1.807, 2.05) is 13.8 Å². The third-order valence-electron chi connectivity index (χ3n) is 6.34. The van der Waals surface area contributed by atoms with Gasteiger partial charge in [0.1, 0.15) is 11.9 Å². The predicted octanol–water partition coefficient (Wildman–Crippen LogP) is 3.02. The Bertz CT molecular complexity index is 842. The highest BCUT2D eigenvalue weighted by molar-refractivity contribution is 6.30. The van der Waals surface area contributed by atoms with Crippen molar-refractivity contribution in [1.82, 2.24) is 4.90 Å². The third kappa shape index (κ3) is 4.00. The van der Waals surface area contributed by atoms with Crippen LogP contribution in [0, 0.1) is 5.82 Å². The van der Waals surface area contributed by atoms with Crippen molar-refractivity contribution in [3.05, 3.63) is 34.6 Å². The number of ether oxygens (including phenoxy) is 2. The second kappa shape index (κ2) is 7.86. The lowest BCUT2D eigenvalue weighted by Crippen LogP contribution is -2.55. The van der Waals surface area contributed by atoms with Crippen LogP contribution in [0.15, 0.2) is 18.2 Å². The van der Waals surface area contributed by atoms with Gasteiger partial charge in [-0.1, -0.05) is 11.6 Å². The van der Waals surface area contributed by atoms with Gasteiger partial charge in [-0.3, -0.25) is 9.59 Å². The Hall–Kier alpha value is -1.54. The number of hydrogen-bond acceptors (Lipinski definition) is 5. The normalized spacial score (nSPS) is 33.0. The van der Waals surface area contributed by atoms with Crippen LogP contribution >= 0.6 is 11.6 Å². The summed E-state index contributed by atoms with van der Waals surface area (Å²) in [6.07, 6.45) is 2.33. The largest absolute Gasteiger partial charge is 0.373 e. The molecule has 1 saturated carbocycles. The van der Waals surface area contributed by atoms with Gasteiger partial charge in [0.05, 0.1) is 12.1 Å². The number of benzene rings is 1. The number of likely N-dealkylation sites (tertiary alicyclic amines) is 1. The number of Topliss-reactive ketones (excluding diaryl/α,β-unsaturated/α-hetero) is 1. The molecule has 4 rings (SSSR count). The van der Waals surface area contributed by atoms with E-state index in [1.54, 1.807) is 11.0 Å². The summed E-state index contributed by atoms with van der Waals surface area (Å²) >= 11 is 5.86. The van der Waals surface area contributed by atoms with Gasteiger partial charge < -0.3 is 19.5 Å². The van der Waals surface area contributed by atoms with Crippen LogP contribution in [-0.4, -0.2) is 57.9 Å². The van der Waals surface area contributed by atoms with E-state index in [-0.39, 0.29) is 42.5 Å². The van der Waals surface area contributed by atoms with Gasteiger partial charge in [-0.05, 0) is 63.3 Å². The molecule has 2 heterocycles. The molecule has 3 aliphatic rings. The molecule has 1 aliphatic carbocycles. The fourth-order valence-electron chi connectivity index (χ4n) is 4.96. The van der Waals surface area contributed by atoms with Crippen molar-refractivity contribution in [2.45, 2.75) is 82.0 Å². The molecule has 0 spiro atoms. The van der Waals surface area contributed by atoms with E-state index in [4.69, 9.17) is 21.1 Å². The van der Waals surface area contributed by atoms with Gasteiger partial charge in [-0.2, -0.15) is 0 Å². The van der Waals surface area contributed by atoms with Gasteiger partial charge in [0, 0.05) is 24.4 Å². The van der Waals surface area contributed by atoms with Crippen molar-refractivity contribution >= 4 is 23.3 Å². The van der Waals surface area contributed by atoms with E-state index in [1.165, 1.54) is 12.1 Å². The van der Waals surface area contributed by atoms with E-state index in [2.05, 4.69) is 0 Å². The minimum atomic E-state index is -2.04. The lowest BCUT2D eigenvalue weighted by Gasteiger charge is -2.38. The highest BCUT2D eigenvalue weighted by Gasteiger charge is 2.56. The highest BCUT2D eigenvalue weighted by Crippen LogP contribution is 2.41. The van der Waals surface area contributed by atoms with Crippen molar-refractivity contribution in [3.8, 4) is 0 Å². The van der Waals surface area contributed by atoms with Crippen LogP contribution in [-0.2, 0) is 25.5 Å². The Labute approximate surface area is 180 Å². The first-order valence-electron chi connectivity index (χ1n) is 10.5. The molecule has 0 radical (unpaired) electrons. The van der Waals surface area contributed by atoms with Crippen molar-refractivity contribution in [2.75, 3.05) is 6.54 Å². The summed E-state index contributed by atoms with van der Waals surface area (Å²) in [6, 6.07) is 3.84. The zero-order chi connectivity index (χ0) is 21.7. The number of amides is 1. The van der Waals surface area contributed by atoms with E-state index in [9.17, 15) is 19.1 Å². The zero-order valence-electron chi connectivity index (χ0n) is 17.2. The molecule has 1 aromatic carbocycles. The number of fused-ring (bicyclic) bond motifs is 1. The molecule has 0 bridgehead atoms. The average molecular weight is 440 g/mol. The van der Waals surface area contributed by atoms with E-state index in [0.717, 1.165) is 19.3 Å². The Morgan fingerprint density at radius 2 is 2.07 bits per heavy atom. The number of aryl methyl sites for hydroxylation is 1. The minimum Gasteiger partial charge on any atom is -0.373 e. The number of hydrogen-bond donors (Lipinski definition) is 1. The van der Waals surface area contributed by atoms with Gasteiger partial charge in [0.25, 0.3) is 5.91 Å². The molecule has 8 heteroatoms. The Balaban J connectivity index is 1.44. The number of aliphatic hydroxyl groups is 1. The van der Waals surface area contributed by atoms with Crippen LogP contribution in [0.3, 0.4) is 0 Å². The van der Waals surface area contributed by atoms with E-state index < -0.39 is 28.9 Å². The average Bonchev–Trinajstić information content (AvgIpc) is 3.14. The first-order chi connectivity index (χ1) is 14.1. The maximum absolute atomic E-state index is 13.5. The summed E-state index contributed by atoms with van der Waals surface area (Å²) < 4.78 is 25.5. The highest BCUT2D eigenvalue weighted by atomic mass is 35.5. The second-order valence-electron chi connectivity index (χ2n) is 8.95. The van der Waals surface area contributed by atoms with Crippen molar-refractivity contribution < 1.29 is 28.6 Å². The number of halogens is 2. The second-order valence-corrected chi connectivity index (χ2v) is 9.38. The summed E-state index contributed by atoms with van der Waals surface area (Å²) in [4.78, 5) is 27.5. The van der Waals surface area contributed by atoms with Crippen LogP contribution in [0.1, 0.15) is 51.5 Å². The molecule has 164 valence electrons. The fourth-order valence-corrected chi connectivity index (χ4v) is 5.21. The molecule has 1 aromatic rings. The van der Waals surface area contributed by atoms with E-state index >= 15 is 0 Å². The Kier molecular flexibility index (Phi) is 5.68. The molecule has 3 fully saturated rings. The van der Waals surface area contributed by atoms with Crippen molar-refractivity contribution in [3.63, 3.8) is 0 Å². The number of ketones is 1. The van der Waals surface area contributed by atoms with E-state index in [0.29, 0.717) is 12.1 Å². The van der Waals surface area contributed by atoms with Crippen LogP contribution in [0.2, 0.25) is 5.02 Å². The summed E-state index contributed by atoms with van der Waals surface area (Å²) in [7, 11) is 0. The number of carbonyl (C=O) groups is 2. The molecular formula is C22H27ClFNO5. The molecule has 1 N–H and O–H groups in total. The number of rotatable bonds is 5. The predicted molar refractivity (Wildman–Crippen MR) is 107 cm³/mol. The van der Waals surface area contributed by atoms with Gasteiger partial charge in [0.15, 0.2) is 11.6 Å². The van der Waals surface area contributed by atoms with Gasteiger partial charge in [-0.25, -0.2) is 4.39 Å². The molecule has 2 saturated heterocycles. The smallest absolute Gasteiger partial charge is 0.262 e. The molecule has 30 heavy (non-hydrogen) atoms. The van der Waals surface area contributed by atoms with Crippen molar-refractivity contribution in [1.29, 1.82) is 0 Å². The Morgan fingerprint density at radius 1 is 1.30 bits per heavy atom. The lowest BCUT2D eigenvalue weighted by atomic mass is 9.88. The monoisotopic (exact) mass is 439 g/mol. The first kappa shape index (κ1) is 21.7. The maximum atomic E-state index is 13.5. The maximum Gasteiger partial charge on any atom is 0.262 e. The standard InChI is InChI=1S/C22H27ClFNO5/c1-21(2)29-17-5-3-4-16(19(17)30-21)25-9-8-22(28,20(25)27)18(26)7-6-13-10-14(23)12-15(24)11-13/h10-12,16-17,19,28H,3-9H2,1-2H3/t16-,17-,19+,22?/m0/s1. The van der Waals surface area contributed by atoms with Crippen LogP contribution in [0.25, 0.3) is 0 Å². The summed E-state index contributed by atoms with van der Waals surface area (Å²) in [6.45, 7) is 4.00. The zero-order valence-corrected chi connectivity index (χ0v) is 18.0. The SMILES string of the molecule is CC1(C)O[C@H]2[C@H](CCC[C@@H]2N2CCC(O)(C(=O)CCc3cc(F)cc(Cl)c3)C2=O)O1. The van der Waals surface area contributed by atoms with Gasteiger partial charge >= 0.3 is 0 Å². The molecule has 2 aliphatic heterocycles. The molecular weight excluding hydrogens is 413 g/mol. The van der Waals surface area contributed by atoms with Gasteiger partial charge in [0.2, 0.25) is 5.60 Å². The number of carbonyl (C=O) groups excluding carboxylic acids is 2. The number of nitrogens with zero attached hydrogens (tertiary/aromatic N) is 1. The minimum absolute atomic E-state index is 0.0483. The third-order valence-corrected chi connectivity index (χ3v) is 6.56. The first-order valence-corrected chi connectivity index (χ1v) is 10.8. The summed E-state index contributed by atoms with van der Waals surface area (Å²) in [5.41, 5.74) is -1.49. The summed E-state index contributed by atoms with van der Waals surface area (Å²) in [5.74, 6) is -2.31. The molecule has 0 aromatic heterocycles. The molecule has 1 unspecified atom stereocenters. The fraction of sp³-hybridized carbons (Fsp3) is 0.636. The molecule has 6 nitrogen and oxygen atoms in total.